The summed E-state index contributed by atoms with van der Waals surface area (Å²) < 4.78 is 5.92. The molecule has 1 aliphatic heterocycles. The van der Waals surface area contributed by atoms with E-state index in [0.717, 1.165) is 36.2 Å². The Morgan fingerprint density at radius 2 is 1.86 bits per heavy atom. The van der Waals surface area contributed by atoms with Gasteiger partial charge in [0.25, 0.3) is 0 Å². The van der Waals surface area contributed by atoms with Gasteiger partial charge in [-0.25, -0.2) is 0 Å². The van der Waals surface area contributed by atoms with Crippen molar-refractivity contribution in [1.82, 2.24) is 9.88 Å². The van der Waals surface area contributed by atoms with E-state index in [1.807, 2.05) is 30.5 Å². The Labute approximate surface area is 172 Å². The van der Waals surface area contributed by atoms with Crippen LogP contribution in [0.3, 0.4) is 0 Å². The van der Waals surface area contributed by atoms with Crippen LogP contribution >= 0.6 is 0 Å². The van der Waals surface area contributed by atoms with Gasteiger partial charge in [-0.1, -0.05) is 30.3 Å². The highest BCUT2D eigenvalue weighted by molar-refractivity contribution is 5.87. The van der Waals surface area contributed by atoms with E-state index in [1.54, 1.807) is 6.20 Å². The Bertz CT molecular complexity index is 942. The van der Waals surface area contributed by atoms with Crippen molar-refractivity contribution in [2.75, 3.05) is 37.7 Å². The van der Waals surface area contributed by atoms with Gasteiger partial charge < -0.3 is 14.7 Å². The SMILES string of the molecule is Cc1cccc(C)c1N1[CH]CN(CC(O)COc2cccc3cnccc23)CC1. The lowest BCUT2D eigenvalue weighted by molar-refractivity contribution is 0.0694. The standard InChI is InChI=1S/C24H28N3O2/c1-18-5-3-6-19(2)24(18)27-13-11-26(12-14-27)16-21(28)17-29-23-8-4-7-20-15-25-10-9-22(20)23/h3-10,13,15,21,28H,11-12,14,16-17H2,1-2H3. The normalized spacial score (nSPS) is 16.2. The number of hydrogen-bond donors (Lipinski definition) is 1. The van der Waals surface area contributed by atoms with Crippen LogP contribution in [0, 0.1) is 20.4 Å². The summed E-state index contributed by atoms with van der Waals surface area (Å²) in [6.45, 7) is 10.1. The molecule has 1 atom stereocenters. The lowest BCUT2D eigenvalue weighted by atomic mass is 10.1. The maximum Gasteiger partial charge on any atom is 0.127 e. The fraction of sp³-hybridized carbons (Fsp3) is 0.333. The summed E-state index contributed by atoms with van der Waals surface area (Å²) in [6, 6.07) is 14.3. The van der Waals surface area contributed by atoms with Gasteiger partial charge in [0.1, 0.15) is 18.5 Å². The largest absolute Gasteiger partial charge is 0.490 e. The number of aliphatic hydroxyl groups excluding tert-OH is 1. The summed E-state index contributed by atoms with van der Waals surface area (Å²) in [4.78, 5) is 8.76. The third kappa shape index (κ3) is 4.52. The molecule has 1 saturated heterocycles. The van der Waals surface area contributed by atoms with Crippen molar-refractivity contribution in [3.63, 3.8) is 0 Å². The van der Waals surface area contributed by atoms with Gasteiger partial charge in [0.05, 0.1) is 6.54 Å². The molecule has 5 nitrogen and oxygen atoms in total. The van der Waals surface area contributed by atoms with E-state index in [0.29, 0.717) is 6.54 Å². The molecule has 1 unspecified atom stereocenters. The number of piperazine rings is 1. The Kier molecular flexibility index (Phi) is 5.97. The number of pyridine rings is 1. The van der Waals surface area contributed by atoms with Crippen molar-refractivity contribution in [3.8, 4) is 5.75 Å². The topological polar surface area (TPSA) is 48.8 Å². The molecule has 0 spiro atoms. The fourth-order valence-corrected chi connectivity index (χ4v) is 4.03. The second-order valence-corrected chi connectivity index (χ2v) is 7.69. The number of β-amino-alcohol motifs (C(OH)–C–C–N with tert-alkyl or cyclic N) is 1. The average Bonchev–Trinajstić information content (AvgIpc) is 2.73. The average molecular weight is 391 g/mol. The first-order chi connectivity index (χ1) is 14.1. The molecule has 0 amide bonds. The molecule has 0 bridgehead atoms. The molecule has 0 saturated carbocycles. The van der Waals surface area contributed by atoms with Crippen LogP contribution in [0.4, 0.5) is 5.69 Å². The number of aryl methyl sites for hydroxylation is 2. The molecule has 1 N–H and O–H groups in total. The summed E-state index contributed by atoms with van der Waals surface area (Å²) in [6.07, 6.45) is 3.05. The van der Waals surface area contributed by atoms with E-state index in [2.05, 4.69) is 53.4 Å². The van der Waals surface area contributed by atoms with E-state index in [1.165, 1.54) is 16.8 Å². The summed E-state index contributed by atoms with van der Waals surface area (Å²) in [7, 11) is 0. The van der Waals surface area contributed by atoms with Gasteiger partial charge in [-0.2, -0.15) is 0 Å². The third-order valence-electron chi connectivity index (χ3n) is 5.48. The van der Waals surface area contributed by atoms with Crippen LogP contribution in [-0.2, 0) is 0 Å². The highest BCUT2D eigenvalue weighted by Gasteiger charge is 2.22. The molecule has 2 aromatic carbocycles. The van der Waals surface area contributed by atoms with Gasteiger partial charge in [0.2, 0.25) is 0 Å². The van der Waals surface area contributed by atoms with Gasteiger partial charge in [-0.05, 0) is 37.1 Å². The van der Waals surface area contributed by atoms with E-state index < -0.39 is 6.10 Å². The van der Waals surface area contributed by atoms with Gasteiger partial charge >= 0.3 is 0 Å². The minimum absolute atomic E-state index is 0.276. The number of nitrogens with zero attached hydrogens (tertiary/aromatic N) is 3. The maximum absolute atomic E-state index is 10.5. The van der Waals surface area contributed by atoms with Crippen LogP contribution in [0.2, 0.25) is 0 Å². The molecule has 0 aliphatic carbocycles. The molecular weight excluding hydrogens is 362 g/mol. The lowest BCUT2D eigenvalue weighted by Crippen LogP contribution is -2.47. The molecular formula is C24H28N3O2. The fourth-order valence-electron chi connectivity index (χ4n) is 4.03. The maximum atomic E-state index is 10.5. The summed E-state index contributed by atoms with van der Waals surface area (Å²) in [5.74, 6) is 0.787. The first-order valence-electron chi connectivity index (χ1n) is 10.1. The van der Waals surface area contributed by atoms with Crippen LogP contribution in [0.5, 0.6) is 5.75 Å². The first-order valence-corrected chi connectivity index (χ1v) is 10.1. The molecule has 1 fully saturated rings. The van der Waals surface area contributed by atoms with Crippen molar-refractivity contribution in [3.05, 3.63) is 72.5 Å². The van der Waals surface area contributed by atoms with Crippen molar-refractivity contribution in [1.29, 1.82) is 0 Å². The van der Waals surface area contributed by atoms with Crippen molar-refractivity contribution >= 4 is 16.5 Å². The zero-order valence-corrected chi connectivity index (χ0v) is 17.1. The smallest absolute Gasteiger partial charge is 0.127 e. The molecule has 3 aromatic rings. The Morgan fingerprint density at radius 1 is 1.07 bits per heavy atom. The van der Waals surface area contributed by atoms with Gasteiger partial charge in [-0.3, -0.25) is 9.88 Å². The number of aliphatic hydroxyl groups is 1. The highest BCUT2D eigenvalue weighted by Crippen LogP contribution is 2.27. The minimum Gasteiger partial charge on any atom is -0.490 e. The highest BCUT2D eigenvalue weighted by atomic mass is 16.5. The van der Waals surface area contributed by atoms with E-state index >= 15 is 0 Å². The van der Waals surface area contributed by atoms with Crippen molar-refractivity contribution < 1.29 is 9.84 Å². The van der Waals surface area contributed by atoms with Crippen molar-refractivity contribution in [2.24, 2.45) is 0 Å². The summed E-state index contributed by atoms with van der Waals surface area (Å²) in [5.41, 5.74) is 3.91. The quantitative estimate of drug-likeness (QED) is 0.697. The Morgan fingerprint density at radius 3 is 2.62 bits per heavy atom. The summed E-state index contributed by atoms with van der Waals surface area (Å²) in [5, 5.41) is 12.6. The summed E-state index contributed by atoms with van der Waals surface area (Å²) >= 11 is 0. The number of para-hydroxylation sites is 1. The molecule has 29 heavy (non-hydrogen) atoms. The van der Waals surface area contributed by atoms with Gasteiger partial charge in [0.15, 0.2) is 0 Å². The number of anilines is 1. The van der Waals surface area contributed by atoms with Crippen LogP contribution in [0.1, 0.15) is 11.1 Å². The van der Waals surface area contributed by atoms with E-state index in [9.17, 15) is 5.11 Å². The van der Waals surface area contributed by atoms with Crippen LogP contribution < -0.4 is 9.64 Å². The zero-order valence-electron chi connectivity index (χ0n) is 17.1. The monoisotopic (exact) mass is 390 g/mol. The lowest BCUT2D eigenvalue weighted by Gasteiger charge is -2.37. The minimum atomic E-state index is -0.535. The van der Waals surface area contributed by atoms with E-state index in [-0.39, 0.29) is 6.61 Å². The predicted molar refractivity (Wildman–Crippen MR) is 117 cm³/mol. The number of hydrogen-bond acceptors (Lipinski definition) is 5. The zero-order chi connectivity index (χ0) is 20.2. The first kappa shape index (κ1) is 19.7. The molecule has 2 heterocycles. The molecule has 1 aromatic heterocycles. The van der Waals surface area contributed by atoms with Gasteiger partial charge in [0, 0.05) is 55.0 Å². The van der Waals surface area contributed by atoms with Gasteiger partial charge in [-0.15, -0.1) is 0 Å². The Balaban J connectivity index is 1.29. The molecule has 5 heteroatoms. The van der Waals surface area contributed by atoms with Crippen LogP contribution in [-0.4, -0.2) is 53.9 Å². The van der Waals surface area contributed by atoms with Crippen LogP contribution in [0.25, 0.3) is 10.8 Å². The molecule has 1 aliphatic rings. The number of aromatic nitrogens is 1. The molecule has 1 radical (unpaired) electrons. The number of fused-ring (bicyclic) bond motifs is 1. The number of benzene rings is 2. The van der Waals surface area contributed by atoms with E-state index in [4.69, 9.17) is 4.74 Å². The second-order valence-electron chi connectivity index (χ2n) is 7.69. The van der Waals surface area contributed by atoms with Crippen LogP contribution in [0.15, 0.2) is 54.9 Å². The Hall–Kier alpha value is -2.63. The molecule has 151 valence electrons. The third-order valence-corrected chi connectivity index (χ3v) is 5.48. The molecule has 4 rings (SSSR count). The predicted octanol–water partition coefficient (Wildman–Crippen LogP) is 3.58. The van der Waals surface area contributed by atoms with Crippen molar-refractivity contribution in [2.45, 2.75) is 20.0 Å². The number of rotatable bonds is 6. The second kappa shape index (κ2) is 8.80. The number of ether oxygens (including phenoxy) is 1.